The van der Waals surface area contributed by atoms with Gasteiger partial charge in [0.15, 0.2) is 9.84 Å². The molecule has 6 nitrogen and oxygen atoms in total. The van der Waals surface area contributed by atoms with E-state index in [1.807, 2.05) is 6.92 Å². The lowest BCUT2D eigenvalue weighted by Crippen LogP contribution is -2.51. The summed E-state index contributed by atoms with van der Waals surface area (Å²) in [6, 6.07) is 0. The number of hydrogen-bond acceptors (Lipinski definition) is 4. The van der Waals surface area contributed by atoms with Crippen LogP contribution in [0.2, 0.25) is 0 Å². The van der Waals surface area contributed by atoms with Crippen LogP contribution in [0, 0.1) is 5.92 Å². The topological polar surface area (TPSA) is 101 Å². The van der Waals surface area contributed by atoms with Gasteiger partial charge in [0.1, 0.15) is 4.75 Å². The lowest BCUT2D eigenvalue weighted by atomic mass is 10.0. The zero-order chi connectivity index (χ0) is 15.4. The maximum atomic E-state index is 12.3. The van der Waals surface area contributed by atoms with Crippen LogP contribution in [-0.2, 0) is 19.4 Å². The third-order valence-corrected chi connectivity index (χ3v) is 6.04. The third-order valence-electron chi connectivity index (χ3n) is 4.03. The van der Waals surface area contributed by atoms with Gasteiger partial charge in [-0.1, -0.05) is 26.2 Å². The van der Waals surface area contributed by atoms with Crippen molar-refractivity contribution in [3.63, 3.8) is 0 Å². The highest BCUT2D eigenvalue weighted by atomic mass is 32.2. The molecule has 2 N–H and O–H groups in total. The van der Waals surface area contributed by atoms with Crippen LogP contribution in [0.4, 0.5) is 0 Å². The lowest BCUT2D eigenvalue weighted by Gasteiger charge is -2.26. The molecule has 1 saturated carbocycles. The van der Waals surface area contributed by atoms with E-state index in [2.05, 4.69) is 5.32 Å². The van der Waals surface area contributed by atoms with Gasteiger partial charge in [-0.15, -0.1) is 0 Å². The smallest absolute Gasteiger partial charge is 0.308 e. The average Bonchev–Trinajstić information content (AvgIpc) is 2.83. The van der Waals surface area contributed by atoms with E-state index >= 15 is 0 Å². The minimum Gasteiger partial charge on any atom is -0.481 e. The summed E-state index contributed by atoms with van der Waals surface area (Å²) in [4.78, 5) is 23.3. The number of carbonyl (C=O) groups excluding carboxylic acids is 1. The van der Waals surface area contributed by atoms with E-state index in [9.17, 15) is 18.0 Å². The number of aliphatic carboxylic acids is 1. The van der Waals surface area contributed by atoms with Crippen LogP contribution in [0.15, 0.2) is 0 Å². The highest BCUT2D eigenvalue weighted by Crippen LogP contribution is 2.36. The number of hydrogen-bond donors (Lipinski definition) is 2. The molecule has 0 radical (unpaired) electrons. The molecule has 0 aliphatic heterocycles. The Labute approximate surface area is 119 Å². The third kappa shape index (κ3) is 3.50. The van der Waals surface area contributed by atoms with Crippen LogP contribution in [-0.4, -0.2) is 42.9 Å². The van der Waals surface area contributed by atoms with Crippen LogP contribution in [0.1, 0.15) is 45.4 Å². The minimum atomic E-state index is -3.50. The summed E-state index contributed by atoms with van der Waals surface area (Å²) >= 11 is 0. The summed E-state index contributed by atoms with van der Waals surface area (Å²) < 4.78 is 22.5. The van der Waals surface area contributed by atoms with Crippen LogP contribution >= 0.6 is 0 Å². The van der Waals surface area contributed by atoms with E-state index in [0.717, 1.165) is 6.26 Å². The maximum absolute atomic E-state index is 12.3. The van der Waals surface area contributed by atoms with Gasteiger partial charge in [-0.05, 0) is 19.3 Å². The molecule has 116 valence electrons. The van der Waals surface area contributed by atoms with Crippen molar-refractivity contribution < 1.29 is 23.1 Å². The molecule has 0 bridgehead atoms. The fraction of sp³-hybridized carbons (Fsp3) is 0.846. The molecule has 0 aromatic heterocycles. The predicted octanol–water partition coefficient (Wildman–Crippen LogP) is 0.961. The van der Waals surface area contributed by atoms with Gasteiger partial charge in [0.05, 0.1) is 5.92 Å². The SMILES string of the molecule is CCCC(CNC(=O)C1(S(C)(=O)=O)CCCC1)C(=O)O. The van der Waals surface area contributed by atoms with Gasteiger partial charge in [0.2, 0.25) is 5.91 Å². The highest BCUT2D eigenvalue weighted by molar-refractivity contribution is 7.92. The Bertz CT molecular complexity index is 465. The first-order valence-corrected chi connectivity index (χ1v) is 8.84. The summed E-state index contributed by atoms with van der Waals surface area (Å²) in [7, 11) is -3.50. The molecule has 1 unspecified atom stereocenters. The monoisotopic (exact) mass is 305 g/mol. The summed E-state index contributed by atoms with van der Waals surface area (Å²) in [6.07, 6.45) is 4.30. The van der Waals surface area contributed by atoms with Gasteiger partial charge < -0.3 is 10.4 Å². The molecule has 0 aromatic carbocycles. The Kier molecular flexibility index (Phi) is 5.56. The zero-order valence-electron chi connectivity index (χ0n) is 12.0. The molecule has 1 rings (SSSR count). The molecule has 1 aliphatic rings. The Balaban J connectivity index is 2.76. The molecule has 0 spiro atoms. The van der Waals surface area contributed by atoms with Gasteiger partial charge in [0.25, 0.3) is 0 Å². The molecule has 1 aliphatic carbocycles. The second-order valence-corrected chi connectivity index (χ2v) is 7.83. The Morgan fingerprint density at radius 1 is 1.30 bits per heavy atom. The number of carboxylic acids is 1. The van der Waals surface area contributed by atoms with Crippen molar-refractivity contribution in [1.29, 1.82) is 0 Å². The lowest BCUT2D eigenvalue weighted by molar-refractivity contribution is -0.142. The zero-order valence-corrected chi connectivity index (χ0v) is 12.8. The van der Waals surface area contributed by atoms with E-state index in [1.165, 1.54) is 0 Å². The Hall–Kier alpha value is -1.11. The first-order chi connectivity index (χ1) is 9.24. The maximum Gasteiger partial charge on any atom is 0.308 e. The Morgan fingerprint density at radius 3 is 2.25 bits per heavy atom. The number of carboxylic acid groups (broad SMARTS) is 1. The first kappa shape index (κ1) is 16.9. The van der Waals surface area contributed by atoms with Crippen LogP contribution < -0.4 is 5.32 Å². The van der Waals surface area contributed by atoms with E-state index in [0.29, 0.717) is 38.5 Å². The van der Waals surface area contributed by atoms with Gasteiger partial charge in [-0.3, -0.25) is 9.59 Å². The van der Waals surface area contributed by atoms with Crippen molar-refractivity contribution in [2.45, 2.75) is 50.2 Å². The molecule has 1 fully saturated rings. The van der Waals surface area contributed by atoms with Gasteiger partial charge in [-0.2, -0.15) is 0 Å². The summed E-state index contributed by atoms with van der Waals surface area (Å²) in [5.74, 6) is -2.17. The highest BCUT2D eigenvalue weighted by Gasteiger charge is 2.49. The Morgan fingerprint density at radius 2 is 1.85 bits per heavy atom. The average molecular weight is 305 g/mol. The number of rotatable bonds is 7. The molecule has 7 heteroatoms. The molecule has 1 amide bonds. The number of carbonyl (C=O) groups is 2. The number of sulfone groups is 1. The summed E-state index contributed by atoms with van der Waals surface area (Å²) in [5.41, 5.74) is 0. The summed E-state index contributed by atoms with van der Waals surface area (Å²) in [5, 5.41) is 11.6. The molecule has 0 heterocycles. The normalized spacial score (nSPS) is 19.5. The van der Waals surface area contributed by atoms with Gasteiger partial charge >= 0.3 is 5.97 Å². The predicted molar refractivity (Wildman–Crippen MR) is 75.1 cm³/mol. The number of nitrogens with one attached hydrogen (secondary N) is 1. The van der Waals surface area contributed by atoms with E-state index < -0.39 is 32.4 Å². The summed E-state index contributed by atoms with van der Waals surface area (Å²) in [6.45, 7) is 1.85. The first-order valence-electron chi connectivity index (χ1n) is 6.95. The van der Waals surface area contributed by atoms with Crippen LogP contribution in [0.3, 0.4) is 0 Å². The quantitative estimate of drug-likeness (QED) is 0.729. The minimum absolute atomic E-state index is 0.0146. The van der Waals surface area contributed by atoms with Crippen molar-refractivity contribution in [2.24, 2.45) is 5.92 Å². The second-order valence-electron chi connectivity index (χ2n) is 5.51. The van der Waals surface area contributed by atoms with Gasteiger partial charge in [-0.25, -0.2) is 8.42 Å². The van der Waals surface area contributed by atoms with Crippen molar-refractivity contribution in [2.75, 3.05) is 12.8 Å². The molecule has 20 heavy (non-hydrogen) atoms. The van der Waals surface area contributed by atoms with E-state index in [-0.39, 0.29) is 6.54 Å². The molecular weight excluding hydrogens is 282 g/mol. The second kappa shape index (κ2) is 6.56. The fourth-order valence-corrected chi connectivity index (χ4v) is 4.19. The molecule has 1 atom stereocenters. The number of amides is 1. The van der Waals surface area contributed by atoms with Crippen molar-refractivity contribution in [3.8, 4) is 0 Å². The largest absolute Gasteiger partial charge is 0.481 e. The van der Waals surface area contributed by atoms with E-state index in [1.54, 1.807) is 0 Å². The fourth-order valence-electron chi connectivity index (χ4n) is 2.75. The van der Waals surface area contributed by atoms with Crippen LogP contribution in [0.25, 0.3) is 0 Å². The van der Waals surface area contributed by atoms with Gasteiger partial charge in [0, 0.05) is 12.8 Å². The van der Waals surface area contributed by atoms with Crippen LogP contribution in [0.5, 0.6) is 0 Å². The van der Waals surface area contributed by atoms with Crippen molar-refractivity contribution >= 4 is 21.7 Å². The molecule has 0 saturated heterocycles. The van der Waals surface area contributed by atoms with E-state index in [4.69, 9.17) is 5.11 Å². The van der Waals surface area contributed by atoms with Crippen molar-refractivity contribution in [3.05, 3.63) is 0 Å². The van der Waals surface area contributed by atoms with Crippen molar-refractivity contribution in [1.82, 2.24) is 5.32 Å². The standard InChI is InChI=1S/C13H23NO5S/c1-3-6-10(11(15)16)9-14-12(17)13(20(2,18)19)7-4-5-8-13/h10H,3-9H2,1-2H3,(H,14,17)(H,15,16). The molecular formula is C13H23NO5S. The molecule has 0 aromatic rings.